The molecule has 0 bridgehead atoms. The summed E-state index contributed by atoms with van der Waals surface area (Å²) in [4.78, 5) is 11.9. The average molecular weight is 348 g/mol. The molecule has 2 rings (SSSR count). The van der Waals surface area contributed by atoms with Crippen molar-refractivity contribution >= 4 is 17.5 Å². The fourth-order valence-corrected chi connectivity index (χ4v) is 2.45. The quantitative estimate of drug-likeness (QED) is 0.721. The molecule has 0 aliphatic heterocycles. The molecule has 0 spiro atoms. The van der Waals surface area contributed by atoms with Crippen LogP contribution in [0, 0.1) is 6.92 Å². The maximum Gasteiger partial charge on any atom is 0.275 e. The lowest BCUT2D eigenvalue weighted by atomic mass is 10.1. The highest BCUT2D eigenvalue weighted by atomic mass is 35.5. The van der Waals surface area contributed by atoms with Crippen molar-refractivity contribution in [2.75, 3.05) is 19.7 Å². The Morgan fingerprint density at radius 3 is 2.71 bits per heavy atom. The normalized spacial score (nSPS) is 11.8. The van der Waals surface area contributed by atoms with Gasteiger partial charge in [-0.1, -0.05) is 35.9 Å². The van der Waals surface area contributed by atoms with Gasteiger partial charge in [-0.15, -0.1) is 0 Å². The predicted octanol–water partition coefficient (Wildman–Crippen LogP) is 2.47. The Balaban J connectivity index is 1.63. The molecule has 2 aromatic rings. The van der Waals surface area contributed by atoms with E-state index in [1.807, 2.05) is 60.8 Å². The predicted molar refractivity (Wildman–Crippen MR) is 96.3 cm³/mol. The Hall–Kier alpha value is -2.04. The van der Waals surface area contributed by atoms with Crippen molar-refractivity contribution < 1.29 is 14.8 Å². The van der Waals surface area contributed by atoms with Gasteiger partial charge in [-0.3, -0.25) is 4.79 Å². The van der Waals surface area contributed by atoms with Crippen LogP contribution in [-0.2, 0) is 4.79 Å². The summed E-state index contributed by atoms with van der Waals surface area (Å²) in [6.07, 6.45) is 0. The minimum Gasteiger partial charge on any atom is -0.492 e. The van der Waals surface area contributed by atoms with Gasteiger partial charge in [0.05, 0.1) is 6.54 Å². The van der Waals surface area contributed by atoms with E-state index in [0.717, 1.165) is 21.9 Å². The van der Waals surface area contributed by atoms with Gasteiger partial charge in [0, 0.05) is 10.6 Å². The largest absolute Gasteiger partial charge is 0.492 e. The SMILES string of the molecule is Cc1cccc(OCCNC(=O)C[NH2+][C@H](C)c2ccc(Cl)cc2)c1. The first-order valence-electron chi connectivity index (χ1n) is 8.09. The Morgan fingerprint density at radius 1 is 1.25 bits per heavy atom. The van der Waals surface area contributed by atoms with E-state index in [2.05, 4.69) is 12.2 Å². The smallest absolute Gasteiger partial charge is 0.275 e. The van der Waals surface area contributed by atoms with Crippen LogP contribution in [0.1, 0.15) is 24.1 Å². The standard InChI is InChI=1S/C19H23ClN2O2/c1-14-4-3-5-18(12-14)24-11-10-21-19(23)13-22-15(2)16-6-8-17(20)9-7-16/h3-9,12,15,22H,10-11,13H2,1-2H3,(H,21,23)/p+1/t15-/m1/s1. The summed E-state index contributed by atoms with van der Waals surface area (Å²) in [5.74, 6) is 0.829. The molecule has 0 radical (unpaired) electrons. The van der Waals surface area contributed by atoms with Crippen molar-refractivity contribution in [3.63, 3.8) is 0 Å². The fourth-order valence-electron chi connectivity index (χ4n) is 2.32. The van der Waals surface area contributed by atoms with Crippen LogP contribution in [0.2, 0.25) is 5.02 Å². The molecule has 0 aliphatic rings. The number of aryl methyl sites for hydroxylation is 1. The van der Waals surface area contributed by atoms with Gasteiger partial charge < -0.3 is 15.4 Å². The van der Waals surface area contributed by atoms with Crippen molar-refractivity contribution in [3.05, 3.63) is 64.7 Å². The van der Waals surface area contributed by atoms with E-state index in [1.165, 1.54) is 0 Å². The summed E-state index contributed by atoms with van der Waals surface area (Å²) < 4.78 is 5.61. The molecular weight excluding hydrogens is 324 g/mol. The van der Waals surface area contributed by atoms with Crippen LogP contribution in [0.3, 0.4) is 0 Å². The maximum absolute atomic E-state index is 11.9. The first-order chi connectivity index (χ1) is 11.5. The monoisotopic (exact) mass is 347 g/mol. The third-order valence-corrected chi connectivity index (χ3v) is 3.99. The Bertz CT molecular complexity index is 659. The van der Waals surface area contributed by atoms with Crippen LogP contribution >= 0.6 is 11.6 Å². The van der Waals surface area contributed by atoms with E-state index >= 15 is 0 Å². The van der Waals surface area contributed by atoms with Gasteiger partial charge in [0.15, 0.2) is 6.54 Å². The van der Waals surface area contributed by atoms with Gasteiger partial charge >= 0.3 is 0 Å². The number of nitrogens with one attached hydrogen (secondary N) is 1. The van der Waals surface area contributed by atoms with Crippen LogP contribution in [0.4, 0.5) is 0 Å². The average Bonchev–Trinajstić information content (AvgIpc) is 2.57. The molecule has 1 amide bonds. The number of carbonyl (C=O) groups is 1. The van der Waals surface area contributed by atoms with E-state index in [1.54, 1.807) is 0 Å². The minimum atomic E-state index is 0.00338. The number of nitrogens with two attached hydrogens (primary N) is 1. The molecule has 24 heavy (non-hydrogen) atoms. The Labute approximate surface area is 148 Å². The van der Waals surface area contributed by atoms with E-state index in [4.69, 9.17) is 16.3 Å². The van der Waals surface area contributed by atoms with Crippen LogP contribution in [0.5, 0.6) is 5.75 Å². The van der Waals surface area contributed by atoms with Gasteiger partial charge in [-0.25, -0.2) is 0 Å². The number of ether oxygens (including phenoxy) is 1. The maximum atomic E-state index is 11.9. The second-order valence-electron chi connectivity index (χ2n) is 5.79. The number of hydrogen-bond acceptors (Lipinski definition) is 2. The molecule has 4 nitrogen and oxygen atoms in total. The van der Waals surface area contributed by atoms with Crippen LogP contribution in [-0.4, -0.2) is 25.6 Å². The highest BCUT2D eigenvalue weighted by molar-refractivity contribution is 6.30. The molecule has 0 aliphatic carbocycles. The molecule has 0 unspecified atom stereocenters. The molecule has 128 valence electrons. The Morgan fingerprint density at radius 2 is 2.00 bits per heavy atom. The first kappa shape index (κ1) is 18.3. The van der Waals surface area contributed by atoms with E-state index in [9.17, 15) is 4.79 Å². The van der Waals surface area contributed by atoms with Crippen molar-refractivity contribution in [2.24, 2.45) is 0 Å². The topological polar surface area (TPSA) is 54.9 Å². The zero-order chi connectivity index (χ0) is 17.4. The minimum absolute atomic E-state index is 0.00338. The van der Waals surface area contributed by atoms with Crippen molar-refractivity contribution in [2.45, 2.75) is 19.9 Å². The summed E-state index contributed by atoms with van der Waals surface area (Å²) in [5.41, 5.74) is 2.30. The zero-order valence-corrected chi connectivity index (χ0v) is 14.8. The lowest BCUT2D eigenvalue weighted by molar-refractivity contribution is -0.682. The van der Waals surface area contributed by atoms with Crippen molar-refractivity contribution in [1.82, 2.24) is 5.32 Å². The van der Waals surface area contributed by atoms with E-state index in [-0.39, 0.29) is 11.9 Å². The van der Waals surface area contributed by atoms with Gasteiger partial charge in [-0.2, -0.15) is 0 Å². The van der Waals surface area contributed by atoms with E-state index < -0.39 is 0 Å². The Kier molecular flexibility index (Phi) is 7.09. The van der Waals surface area contributed by atoms with Crippen LogP contribution in [0.25, 0.3) is 0 Å². The molecule has 0 saturated carbocycles. The second-order valence-corrected chi connectivity index (χ2v) is 6.23. The molecule has 5 heteroatoms. The number of carbonyl (C=O) groups excluding carboxylic acids is 1. The molecule has 0 aromatic heterocycles. The summed E-state index contributed by atoms with van der Waals surface area (Å²) >= 11 is 5.88. The summed E-state index contributed by atoms with van der Waals surface area (Å²) in [5, 5.41) is 5.59. The highest BCUT2D eigenvalue weighted by Gasteiger charge is 2.11. The molecule has 0 heterocycles. The van der Waals surface area contributed by atoms with Gasteiger partial charge in [0.25, 0.3) is 5.91 Å². The number of hydrogen-bond donors (Lipinski definition) is 2. The summed E-state index contributed by atoms with van der Waals surface area (Å²) in [6, 6.07) is 15.8. The third kappa shape index (κ3) is 6.22. The number of quaternary nitrogens is 1. The highest BCUT2D eigenvalue weighted by Crippen LogP contribution is 2.13. The van der Waals surface area contributed by atoms with Crippen LogP contribution in [0.15, 0.2) is 48.5 Å². The lowest BCUT2D eigenvalue weighted by Gasteiger charge is -2.11. The van der Waals surface area contributed by atoms with Crippen molar-refractivity contribution in [1.29, 1.82) is 0 Å². The number of amides is 1. The van der Waals surface area contributed by atoms with Crippen LogP contribution < -0.4 is 15.4 Å². The van der Waals surface area contributed by atoms with Gasteiger partial charge in [-0.05, 0) is 43.7 Å². The summed E-state index contributed by atoms with van der Waals surface area (Å²) in [7, 11) is 0. The number of rotatable bonds is 8. The third-order valence-electron chi connectivity index (χ3n) is 3.74. The second kappa shape index (κ2) is 9.30. The molecule has 0 saturated heterocycles. The zero-order valence-electron chi connectivity index (χ0n) is 14.1. The molecular formula is C19H24ClN2O2+. The van der Waals surface area contributed by atoms with Gasteiger partial charge in [0.1, 0.15) is 18.4 Å². The lowest BCUT2D eigenvalue weighted by Crippen LogP contribution is -2.87. The van der Waals surface area contributed by atoms with E-state index in [0.29, 0.717) is 19.7 Å². The fraction of sp³-hybridized carbons (Fsp3) is 0.316. The molecule has 3 N–H and O–H groups in total. The van der Waals surface area contributed by atoms with Gasteiger partial charge in [0.2, 0.25) is 0 Å². The first-order valence-corrected chi connectivity index (χ1v) is 8.47. The molecule has 0 fully saturated rings. The number of halogens is 1. The number of benzene rings is 2. The molecule has 2 aromatic carbocycles. The molecule has 1 atom stereocenters. The summed E-state index contributed by atoms with van der Waals surface area (Å²) in [6.45, 7) is 5.43. The van der Waals surface area contributed by atoms with Crippen molar-refractivity contribution in [3.8, 4) is 5.75 Å².